The summed E-state index contributed by atoms with van der Waals surface area (Å²) in [5, 5.41) is 12.7. The first-order valence-electron chi connectivity index (χ1n) is 14.2. The third-order valence-corrected chi connectivity index (χ3v) is 7.04. The summed E-state index contributed by atoms with van der Waals surface area (Å²) in [4.78, 5) is 29.2. The molecule has 0 aliphatic carbocycles. The van der Waals surface area contributed by atoms with E-state index in [9.17, 15) is 27.9 Å². The number of aryl methyl sites for hydroxylation is 1. The molecule has 236 valence electrons. The van der Waals surface area contributed by atoms with Gasteiger partial charge in [-0.25, -0.2) is 9.78 Å². The normalized spacial score (nSPS) is 12.4. The van der Waals surface area contributed by atoms with E-state index in [0.29, 0.717) is 42.5 Å². The highest BCUT2D eigenvalue weighted by Gasteiger charge is 2.30. The van der Waals surface area contributed by atoms with Gasteiger partial charge in [0, 0.05) is 35.7 Å². The lowest BCUT2D eigenvalue weighted by atomic mass is 10.0. The predicted molar refractivity (Wildman–Crippen MR) is 161 cm³/mol. The molecule has 4 rings (SSSR count). The van der Waals surface area contributed by atoms with Crippen molar-refractivity contribution in [2.75, 3.05) is 13.7 Å². The third-order valence-electron chi connectivity index (χ3n) is 7.04. The molecule has 11 heteroatoms. The summed E-state index contributed by atoms with van der Waals surface area (Å²) < 4.78 is 55.4. The zero-order chi connectivity index (χ0) is 32.6. The number of ketones is 1. The van der Waals surface area contributed by atoms with Gasteiger partial charge in [0.2, 0.25) is 5.89 Å². The number of oxazole rings is 1. The van der Waals surface area contributed by atoms with Crippen molar-refractivity contribution < 1.29 is 41.8 Å². The molecule has 0 saturated carbocycles. The maximum Gasteiger partial charge on any atom is 0.416 e. The number of carbonyl (C=O) groups excluding carboxylic acids is 1. The van der Waals surface area contributed by atoms with Crippen LogP contribution in [0.5, 0.6) is 11.5 Å². The Balaban J connectivity index is 1.32. The van der Waals surface area contributed by atoms with Crippen LogP contribution in [-0.2, 0) is 23.8 Å². The molecule has 1 aromatic heterocycles. The number of allylic oxidation sites excluding steroid dienone is 2. The van der Waals surface area contributed by atoms with Crippen LogP contribution >= 0.6 is 0 Å². The topological polar surface area (TPSA) is 111 Å². The number of carboxylic acids is 1. The summed E-state index contributed by atoms with van der Waals surface area (Å²) in [5.41, 5.74) is 1.90. The lowest BCUT2D eigenvalue weighted by molar-refractivity contribution is -0.139. The van der Waals surface area contributed by atoms with E-state index in [4.69, 9.17) is 13.9 Å². The average molecular weight is 623 g/mol. The fraction of sp³-hybridized carbons (Fsp3) is 0.265. The summed E-state index contributed by atoms with van der Waals surface area (Å²) in [7, 11) is 1.60. The van der Waals surface area contributed by atoms with Crippen LogP contribution in [0, 0.1) is 6.92 Å². The zero-order valence-corrected chi connectivity index (χ0v) is 25.0. The first-order valence-corrected chi connectivity index (χ1v) is 14.2. The van der Waals surface area contributed by atoms with Crippen molar-refractivity contribution in [1.29, 1.82) is 0 Å². The largest absolute Gasteiger partial charge is 0.497 e. The standard InChI is InChI=1S/C34H33F3N2O6/c1-4-26(20-31(40)23-7-11-25(12-8-23)34(35,36)37)38-30(33(41)42)19-22-5-13-28(14-6-22)44-18-17-29-21(2)45-32(39-29)24-9-15-27(43-3)16-10-24/h5-16,20,30,38H,4,17-19H2,1-3H3,(H,41,42)/b26-20-/t30-/m0/s1. The van der Waals surface area contributed by atoms with Crippen molar-refractivity contribution in [3.63, 3.8) is 0 Å². The second kappa shape index (κ2) is 14.6. The molecule has 0 aliphatic heterocycles. The van der Waals surface area contributed by atoms with Crippen molar-refractivity contribution in [1.82, 2.24) is 10.3 Å². The maximum absolute atomic E-state index is 12.8. The van der Waals surface area contributed by atoms with E-state index in [-0.39, 0.29) is 12.0 Å². The fourth-order valence-electron chi connectivity index (χ4n) is 4.47. The van der Waals surface area contributed by atoms with E-state index in [1.54, 1.807) is 38.3 Å². The van der Waals surface area contributed by atoms with Gasteiger partial charge in [0.1, 0.15) is 23.3 Å². The Labute approximate surface area is 258 Å². The number of carboxylic acid groups (broad SMARTS) is 1. The number of nitrogens with one attached hydrogen (secondary N) is 1. The lowest BCUT2D eigenvalue weighted by Crippen LogP contribution is -2.38. The summed E-state index contributed by atoms with van der Waals surface area (Å²) in [5.74, 6) is 0.913. The Morgan fingerprint density at radius 2 is 1.64 bits per heavy atom. The second-order valence-corrected chi connectivity index (χ2v) is 10.2. The molecule has 0 saturated heterocycles. The molecule has 0 bridgehead atoms. The number of hydrogen-bond donors (Lipinski definition) is 2. The highest BCUT2D eigenvalue weighted by Crippen LogP contribution is 2.29. The van der Waals surface area contributed by atoms with E-state index in [0.717, 1.165) is 46.8 Å². The molecule has 8 nitrogen and oxygen atoms in total. The third kappa shape index (κ3) is 8.98. The van der Waals surface area contributed by atoms with Crippen LogP contribution in [-0.4, -0.2) is 41.6 Å². The Morgan fingerprint density at radius 1 is 1.00 bits per heavy atom. The molecule has 0 unspecified atom stereocenters. The van der Waals surface area contributed by atoms with Crippen LogP contribution in [0.2, 0.25) is 0 Å². The molecule has 0 aliphatic rings. The Hall–Kier alpha value is -5.06. The summed E-state index contributed by atoms with van der Waals surface area (Å²) in [6, 6.07) is 17.3. The van der Waals surface area contributed by atoms with Crippen molar-refractivity contribution >= 4 is 11.8 Å². The number of carbonyl (C=O) groups is 2. The van der Waals surface area contributed by atoms with Gasteiger partial charge in [-0.3, -0.25) is 4.79 Å². The quantitative estimate of drug-likeness (QED) is 0.114. The molecule has 0 spiro atoms. The molecule has 1 heterocycles. The second-order valence-electron chi connectivity index (χ2n) is 10.2. The molecule has 0 fully saturated rings. The first-order chi connectivity index (χ1) is 21.5. The van der Waals surface area contributed by atoms with Gasteiger partial charge >= 0.3 is 12.1 Å². The van der Waals surface area contributed by atoms with Gasteiger partial charge < -0.3 is 24.3 Å². The highest BCUT2D eigenvalue weighted by atomic mass is 19.4. The molecular formula is C34H33F3N2O6. The zero-order valence-electron chi connectivity index (χ0n) is 25.0. The smallest absolute Gasteiger partial charge is 0.416 e. The van der Waals surface area contributed by atoms with Gasteiger partial charge in [-0.2, -0.15) is 13.2 Å². The van der Waals surface area contributed by atoms with Crippen molar-refractivity contribution in [2.45, 2.75) is 45.3 Å². The SMILES string of the molecule is CC/C(=C/C(=O)c1ccc(C(F)(F)F)cc1)N[C@@H](Cc1ccc(OCCc2nc(-c3ccc(OC)cc3)oc2C)cc1)C(=O)O. The molecule has 0 radical (unpaired) electrons. The number of hydrogen-bond acceptors (Lipinski definition) is 7. The van der Waals surface area contributed by atoms with Crippen LogP contribution in [0.3, 0.4) is 0 Å². The number of methoxy groups -OCH3 is 1. The van der Waals surface area contributed by atoms with Crippen LogP contribution in [0.15, 0.2) is 89.0 Å². The van der Waals surface area contributed by atoms with Crippen LogP contribution < -0.4 is 14.8 Å². The summed E-state index contributed by atoms with van der Waals surface area (Å²) in [6.45, 7) is 3.94. The Morgan fingerprint density at radius 3 is 2.22 bits per heavy atom. The molecular weight excluding hydrogens is 589 g/mol. The van der Waals surface area contributed by atoms with Gasteiger partial charge in [0.25, 0.3) is 0 Å². The summed E-state index contributed by atoms with van der Waals surface area (Å²) >= 11 is 0. The predicted octanol–water partition coefficient (Wildman–Crippen LogP) is 7.06. The molecule has 0 amide bonds. The highest BCUT2D eigenvalue weighted by molar-refractivity contribution is 6.04. The number of alkyl halides is 3. The number of nitrogens with zero attached hydrogens (tertiary/aromatic N) is 1. The minimum Gasteiger partial charge on any atom is -0.497 e. The molecule has 3 aromatic carbocycles. The van der Waals surface area contributed by atoms with E-state index in [1.165, 1.54) is 6.08 Å². The Kier molecular flexibility index (Phi) is 10.7. The minimum absolute atomic E-state index is 0.0644. The monoisotopic (exact) mass is 622 g/mol. The van der Waals surface area contributed by atoms with Gasteiger partial charge in [-0.05, 0) is 67.4 Å². The van der Waals surface area contributed by atoms with Crippen LogP contribution in [0.25, 0.3) is 11.5 Å². The van der Waals surface area contributed by atoms with E-state index < -0.39 is 29.5 Å². The molecule has 2 N–H and O–H groups in total. The van der Waals surface area contributed by atoms with Crippen LogP contribution in [0.1, 0.15) is 46.3 Å². The van der Waals surface area contributed by atoms with Crippen molar-refractivity contribution in [3.05, 3.63) is 113 Å². The van der Waals surface area contributed by atoms with Crippen molar-refractivity contribution in [3.8, 4) is 23.0 Å². The molecule has 45 heavy (non-hydrogen) atoms. The summed E-state index contributed by atoms with van der Waals surface area (Å²) in [6.07, 6.45) is -2.34. The van der Waals surface area contributed by atoms with Crippen molar-refractivity contribution in [2.24, 2.45) is 0 Å². The van der Waals surface area contributed by atoms with E-state index in [1.807, 2.05) is 31.2 Å². The van der Waals surface area contributed by atoms with Gasteiger partial charge in [-0.15, -0.1) is 0 Å². The lowest BCUT2D eigenvalue weighted by Gasteiger charge is -2.18. The van der Waals surface area contributed by atoms with Gasteiger partial charge in [0.15, 0.2) is 5.78 Å². The van der Waals surface area contributed by atoms with E-state index >= 15 is 0 Å². The van der Waals surface area contributed by atoms with Gasteiger partial charge in [-0.1, -0.05) is 31.2 Å². The number of halogens is 3. The van der Waals surface area contributed by atoms with Gasteiger partial charge in [0.05, 0.1) is 25.0 Å². The number of ether oxygens (including phenoxy) is 2. The minimum atomic E-state index is -4.51. The van der Waals surface area contributed by atoms with E-state index in [2.05, 4.69) is 10.3 Å². The number of aromatic nitrogens is 1. The average Bonchev–Trinajstić information content (AvgIpc) is 3.40. The number of benzene rings is 3. The fourth-order valence-corrected chi connectivity index (χ4v) is 4.47. The first kappa shape index (κ1) is 32.8. The maximum atomic E-state index is 12.8. The molecule has 1 atom stereocenters. The number of aliphatic carboxylic acids is 1. The Bertz CT molecular complexity index is 1630. The van der Waals surface area contributed by atoms with Crippen LogP contribution in [0.4, 0.5) is 13.2 Å². The number of rotatable bonds is 14. The molecule has 4 aromatic rings.